The Morgan fingerprint density at radius 2 is 2.19 bits per heavy atom. The minimum atomic E-state index is -3.89. The number of aliphatic carboxylic acids is 1. The number of halogens is 1. The summed E-state index contributed by atoms with van der Waals surface area (Å²) in [7, 11) is -3.89. The minimum absolute atomic E-state index is 0.0704. The second-order valence-corrected chi connectivity index (χ2v) is 6.73. The van der Waals surface area contributed by atoms with Crippen LogP contribution in [0.15, 0.2) is 18.2 Å². The fourth-order valence-corrected chi connectivity index (χ4v) is 3.66. The standard InChI is InChI=1S/C13H17FN2O4S/c1-9-11(14)5-2-6-12(9)15-21(19,20)16-7-3-4-10(8-16)13(17)18/h2,5-6,10,15H,3-4,7-8H2,1H3,(H,17,18). The zero-order chi connectivity index (χ0) is 15.6. The van der Waals surface area contributed by atoms with Crippen molar-refractivity contribution in [1.82, 2.24) is 4.31 Å². The van der Waals surface area contributed by atoms with Gasteiger partial charge < -0.3 is 5.11 Å². The topological polar surface area (TPSA) is 86.7 Å². The molecular weight excluding hydrogens is 299 g/mol. The van der Waals surface area contributed by atoms with Crippen LogP contribution >= 0.6 is 0 Å². The van der Waals surface area contributed by atoms with E-state index in [1.807, 2.05) is 0 Å². The molecule has 0 bridgehead atoms. The lowest BCUT2D eigenvalue weighted by molar-refractivity contribution is -0.142. The highest BCUT2D eigenvalue weighted by atomic mass is 32.2. The van der Waals surface area contributed by atoms with Gasteiger partial charge in [-0.2, -0.15) is 12.7 Å². The van der Waals surface area contributed by atoms with E-state index in [-0.39, 0.29) is 24.3 Å². The number of benzene rings is 1. The van der Waals surface area contributed by atoms with E-state index in [0.717, 1.165) is 4.31 Å². The number of nitrogens with zero attached hydrogens (tertiary/aromatic N) is 1. The van der Waals surface area contributed by atoms with E-state index in [2.05, 4.69) is 4.72 Å². The molecule has 1 aliphatic rings. The third-order valence-corrected chi connectivity index (χ3v) is 5.07. The first-order valence-corrected chi connectivity index (χ1v) is 8.01. The molecule has 1 saturated heterocycles. The van der Waals surface area contributed by atoms with Crippen molar-refractivity contribution in [1.29, 1.82) is 0 Å². The van der Waals surface area contributed by atoms with Crippen molar-refractivity contribution in [3.05, 3.63) is 29.6 Å². The van der Waals surface area contributed by atoms with Gasteiger partial charge in [0, 0.05) is 18.7 Å². The molecule has 0 saturated carbocycles. The van der Waals surface area contributed by atoms with Crippen LogP contribution in [0.25, 0.3) is 0 Å². The summed E-state index contributed by atoms with van der Waals surface area (Å²) in [5.41, 5.74) is 0.361. The van der Waals surface area contributed by atoms with Gasteiger partial charge in [-0.15, -0.1) is 0 Å². The van der Waals surface area contributed by atoms with E-state index in [1.165, 1.54) is 25.1 Å². The normalized spacial score (nSPS) is 20.2. The predicted octanol–water partition coefficient (Wildman–Crippen LogP) is 1.59. The first-order chi connectivity index (χ1) is 9.81. The highest BCUT2D eigenvalue weighted by Gasteiger charge is 2.32. The lowest BCUT2D eigenvalue weighted by Crippen LogP contribution is -2.44. The van der Waals surface area contributed by atoms with Gasteiger partial charge >= 0.3 is 16.2 Å². The summed E-state index contributed by atoms with van der Waals surface area (Å²) in [6.45, 7) is 1.66. The number of carbonyl (C=O) groups is 1. The van der Waals surface area contributed by atoms with Gasteiger partial charge in [-0.05, 0) is 31.9 Å². The number of piperidine rings is 1. The Morgan fingerprint density at radius 1 is 1.48 bits per heavy atom. The maximum atomic E-state index is 13.4. The molecule has 1 aromatic carbocycles. The summed E-state index contributed by atoms with van der Waals surface area (Å²) in [6, 6.07) is 4.12. The molecular formula is C13H17FN2O4S. The molecule has 2 N–H and O–H groups in total. The molecule has 1 aromatic rings. The fourth-order valence-electron chi connectivity index (χ4n) is 2.28. The number of rotatable bonds is 4. The van der Waals surface area contributed by atoms with Gasteiger partial charge in [-0.1, -0.05) is 6.07 Å². The molecule has 21 heavy (non-hydrogen) atoms. The number of hydrogen-bond donors (Lipinski definition) is 2. The molecule has 2 rings (SSSR count). The predicted molar refractivity (Wildman–Crippen MR) is 75.6 cm³/mol. The average Bonchev–Trinajstić information content (AvgIpc) is 2.44. The van der Waals surface area contributed by atoms with Gasteiger partial charge in [0.1, 0.15) is 5.82 Å². The van der Waals surface area contributed by atoms with E-state index < -0.39 is 27.9 Å². The number of nitrogens with one attached hydrogen (secondary N) is 1. The molecule has 1 unspecified atom stereocenters. The fraction of sp³-hybridized carbons (Fsp3) is 0.462. The molecule has 0 aliphatic carbocycles. The molecule has 6 nitrogen and oxygen atoms in total. The molecule has 116 valence electrons. The number of anilines is 1. The Bertz CT molecular complexity index is 648. The van der Waals surface area contributed by atoms with Crippen molar-refractivity contribution in [2.45, 2.75) is 19.8 Å². The van der Waals surface area contributed by atoms with Gasteiger partial charge in [-0.25, -0.2) is 4.39 Å². The highest BCUT2D eigenvalue weighted by Crippen LogP contribution is 2.23. The Morgan fingerprint density at radius 3 is 2.86 bits per heavy atom. The van der Waals surface area contributed by atoms with Gasteiger partial charge in [0.25, 0.3) is 0 Å². The van der Waals surface area contributed by atoms with E-state index >= 15 is 0 Å². The van der Waals surface area contributed by atoms with Crippen molar-refractivity contribution in [3.63, 3.8) is 0 Å². The Kier molecular flexibility index (Phi) is 4.48. The molecule has 1 fully saturated rings. The molecule has 8 heteroatoms. The Hall–Kier alpha value is -1.67. The van der Waals surface area contributed by atoms with Crippen molar-refractivity contribution in [3.8, 4) is 0 Å². The third kappa shape index (κ3) is 3.51. The second-order valence-electron chi connectivity index (χ2n) is 5.05. The molecule has 0 aromatic heterocycles. The third-order valence-electron chi connectivity index (χ3n) is 3.58. The molecule has 1 heterocycles. The minimum Gasteiger partial charge on any atom is -0.481 e. The Labute approximate surface area is 122 Å². The Balaban J connectivity index is 2.18. The summed E-state index contributed by atoms with van der Waals surface area (Å²) in [4.78, 5) is 11.0. The van der Waals surface area contributed by atoms with Crippen LogP contribution in [0, 0.1) is 18.7 Å². The molecule has 0 radical (unpaired) electrons. The van der Waals surface area contributed by atoms with Crippen LogP contribution in [0.4, 0.5) is 10.1 Å². The SMILES string of the molecule is Cc1c(F)cccc1NS(=O)(=O)N1CCCC(C(=O)O)C1. The maximum Gasteiger partial charge on any atom is 0.307 e. The zero-order valence-corrected chi connectivity index (χ0v) is 12.4. The lowest BCUT2D eigenvalue weighted by atomic mass is 10.0. The smallest absolute Gasteiger partial charge is 0.307 e. The summed E-state index contributed by atoms with van der Waals surface area (Å²) in [6.07, 6.45) is 0.945. The number of hydrogen-bond acceptors (Lipinski definition) is 3. The van der Waals surface area contributed by atoms with Crippen molar-refractivity contribution in [2.24, 2.45) is 5.92 Å². The zero-order valence-electron chi connectivity index (χ0n) is 11.5. The van der Waals surface area contributed by atoms with E-state index in [0.29, 0.717) is 12.8 Å². The summed E-state index contributed by atoms with van der Waals surface area (Å²) in [5, 5.41) is 9.00. The molecule has 1 aliphatic heterocycles. The van der Waals surface area contributed by atoms with Crippen LogP contribution in [-0.4, -0.2) is 36.9 Å². The van der Waals surface area contributed by atoms with Gasteiger partial charge in [-0.3, -0.25) is 9.52 Å². The van der Waals surface area contributed by atoms with Crippen LogP contribution in [0.3, 0.4) is 0 Å². The molecule has 0 spiro atoms. The quantitative estimate of drug-likeness (QED) is 0.883. The summed E-state index contributed by atoms with van der Waals surface area (Å²) < 4.78 is 41.4. The number of carboxylic acid groups (broad SMARTS) is 1. The average molecular weight is 316 g/mol. The van der Waals surface area contributed by atoms with Crippen LogP contribution in [0.5, 0.6) is 0 Å². The molecule has 0 amide bonds. The van der Waals surface area contributed by atoms with Crippen LogP contribution in [0.2, 0.25) is 0 Å². The van der Waals surface area contributed by atoms with E-state index in [9.17, 15) is 17.6 Å². The van der Waals surface area contributed by atoms with Crippen molar-refractivity contribution < 1.29 is 22.7 Å². The van der Waals surface area contributed by atoms with Crippen molar-refractivity contribution in [2.75, 3.05) is 17.8 Å². The van der Waals surface area contributed by atoms with Crippen molar-refractivity contribution >= 4 is 21.9 Å². The first kappa shape index (κ1) is 15.7. The second kappa shape index (κ2) is 5.98. The largest absolute Gasteiger partial charge is 0.481 e. The van der Waals surface area contributed by atoms with Crippen LogP contribution < -0.4 is 4.72 Å². The van der Waals surface area contributed by atoms with Gasteiger partial charge in [0.15, 0.2) is 0 Å². The highest BCUT2D eigenvalue weighted by molar-refractivity contribution is 7.90. The first-order valence-electron chi connectivity index (χ1n) is 6.57. The lowest BCUT2D eigenvalue weighted by Gasteiger charge is -2.30. The summed E-state index contributed by atoms with van der Waals surface area (Å²) in [5.74, 6) is -2.21. The van der Waals surface area contributed by atoms with Crippen LogP contribution in [0.1, 0.15) is 18.4 Å². The monoisotopic (exact) mass is 316 g/mol. The van der Waals surface area contributed by atoms with Gasteiger partial charge in [0.2, 0.25) is 0 Å². The van der Waals surface area contributed by atoms with Crippen LogP contribution in [-0.2, 0) is 15.0 Å². The van der Waals surface area contributed by atoms with Gasteiger partial charge in [0.05, 0.1) is 11.6 Å². The van der Waals surface area contributed by atoms with E-state index in [1.54, 1.807) is 0 Å². The maximum absolute atomic E-state index is 13.4. The molecule has 1 atom stereocenters. The number of carboxylic acids is 1. The van der Waals surface area contributed by atoms with E-state index in [4.69, 9.17) is 5.11 Å². The summed E-state index contributed by atoms with van der Waals surface area (Å²) >= 11 is 0.